The Labute approximate surface area is 142 Å². The molecule has 7 heteroatoms. The summed E-state index contributed by atoms with van der Waals surface area (Å²) in [6.07, 6.45) is 6.35. The average molecular weight is 368 g/mol. The molecule has 1 heterocycles. The van der Waals surface area contributed by atoms with Crippen molar-refractivity contribution in [3.63, 3.8) is 0 Å². The summed E-state index contributed by atoms with van der Waals surface area (Å²) < 4.78 is 27.9. The lowest BCUT2D eigenvalue weighted by molar-refractivity contribution is 0.203. The van der Waals surface area contributed by atoms with Crippen molar-refractivity contribution in [3.05, 3.63) is 16.5 Å². The maximum Gasteiger partial charge on any atom is 0.250 e. The van der Waals surface area contributed by atoms with Crippen LogP contribution in [0.15, 0.2) is 16.3 Å². The first kappa shape index (κ1) is 19.9. The molecule has 0 aromatic carbocycles. The van der Waals surface area contributed by atoms with Gasteiger partial charge in [0.05, 0.1) is 10.9 Å². The maximum atomic E-state index is 12.3. The molecular formula is C15H26ClNO3S2. The van der Waals surface area contributed by atoms with E-state index < -0.39 is 16.1 Å². The summed E-state index contributed by atoms with van der Waals surface area (Å²) in [5, 5.41) is 9.60. The van der Waals surface area contributed by atoms with Gasteiger partial charge < -0.3 is 5.11 Å². The van der Waals surface area contributed by atoms with Crippen LogP contribution in [-0.2, 0) is 10.0 Å². The van der Waals surface area contributed by atoms with Crippen molar-refractivity contribution in [2.75, 3.05) is 6.61 Å². The van der Waals surface area contributed by atoms with E-state index in [0.717, 1.165) is 37.0 Å². The molecule has 1 aromatic rings. The molecule has 2 N–H and O–H groups in total. The number of hydrogen-bond donors (Lipinski definition) is 2. The van der Waals surface area contributed by atoms with Crippen LogP contribution in [0.1, 0.15) is 52.4 Å². The van der Waals surface area contributed by atoms with E-state index in [-0.39, 0.29) is 16.7 Å². The molecular weight excluding hydrogens is 342 g/mol. The van der Waals surface area contributed by atoms with E-state index in [9.17, 15) is 13.5 Å². The number of hydrogen-bond acceptors (Lipinski definition) is 4. The Kier molecular flexibility index (Phi) is 8.94. The Morgan fingerprint density at radius 3 is 2.50 bits per heavy atom. The van der Waals surface area contributed by atoms with Crippen molar-refractivity contribution in [2.45, 2.75) is 62.6 Å². The zero-order chi connectivity index (χ0) is 16.6. The SMILES string of the molecule is CCCCCC[C@@H](CC)[C@@H](CO)NS(=O)(=O)c1ccc(Cl)s1. The van der Waals surface area contributed by atoms with Crippen LogP contribution in [0.5, 0.6) is 0 Å². The Balaban J connectivity index is 2.68. The number of nitrogens with one attached hydrogen (secondary N) is 1. The van der Waals surface area contributed by atoms with Crippen molar-refractivity contribution >= 4 is 33.0 Å². The standard InChI is InChI=1S/C15H26ClNO3S2/c1-3-5-6-7-8-12(4-2)13(11-18)17-22(19,20)15-10-9-14(16)21-15/h9-10,12-13,17-18H,3-8,11H2,1-2H3/t12-,13-/m1/s1. The van der Waals surface area contributed by atoms with Crippen LogP contribution in [0, 0.1) is 5.92 Å². The number of aliphatic hydroxyl groups excluding tert-OH is 1. The molecule has 0 saturated carbocycles. The lowest BCUT2D eigenvalue weighted by Gasteiger charge is -2.25. The molecule has 1 aromatic heterocycles. The molecule has 0 saturated heterocycles. The summed E-state index contributed by atoms with van der Waals surface area (Å²) in [5.41, 5.74) is 0. The van der Waals surface area contributed by atoms with Crippen LogP contribution in [-0.4, -0.2) is 26.2 Å². The van der Waals surface area contributed by atoms with Gasteiger partial charge in [-0.1, -0.05) is 57.6 Å². The molecule has 128 valence electrons. The third-order valence-electron chi connectivity index (χ3n) is 3.84. The fourth-order valence-electron chi connectivity index (χ4n) is 2.51. The van der Waals surface area contributed by atoms with Gasteiger partial charge in [0, 0.05) is 6.04 Å². The fraction of sp³-hybridized carbons (Fsp3) is 0.733. The van der Waals surface area contributed by atoms with Gasteiger partial charge in [-0.15, -0.1) is 11.3 Å². The van der Waals surface area contributed by atoms with Crippen LogP contribution in [0.4, 0.5) is 0 Å². The summed E-state index contributed by atoms with van der Waals surface area (Å²) in [7, 11) is -3.62. The van der Waals surface area contributed by atoms with Crippen LogP contribution in [0.2, 0.25) is 4.34 Å². The van der Waals surface area contributed by atoms with Gasteiger partial charge in [-0.3, -0.25) is 0 Å². The highest BCUT2D eigenvalue weighted by atomic mass is 35.5. The fourth-order valence-corrected chi connectivity index (χ4v) is 5.30. The molecule has 0 aliphatic rings. The molecule has 4 nitrogen and oxygen atoms in total. The van der Waals surface area contributed by atoms with Gasteiger partial charge in [0.25, 0.3) is 0 Å². The van der Waals surface area contributed by atoms with Crippen molar-refractivity contribution in [1.29, 1.82) is 0 Å². The summed E-state index contributed by atoms with van der Waals surface area (Å²) in [4.78, 5) is 0. The van der Waals surface area contributed by atoms with Crippen LogP contribution in [0.25, 0.3) is 0 Å². The summed E-state index contributed by atoms with van der Waals surface area (Å²) in [5.74, 6) is 0.145. The second-order valence-electron chi connectivity index (χ2n) is 5.49. The van der Waals surface area contributed by atoms with E-state index in [4.69, 9.17) is 11.6 Å². The monoisotopic (exact) mass is 367 g/mol. The molecule has 0 amide bonds. The molecule has 2 atom stereocenters. The minimum Gasteiger partial charge on any atom is -0.395 e. The number of halogens is 1. The lowest BCUT2D eigenvalue weighted by Crippen LogP contribution is -2.42. The molecule has 1 rings (SSSR count). The van der Waals surface area contributed by atoms with Gasteiger partial charge in [0.2, 0.25) is 10.0 Å². The normalized spacial score (nSPS) is 14.9. The van der Waals surface area contributed by atoms with Gasteiger partial charge in [-0.25, -0.2) is 13.1 Å². The highest BCUT2D eigenvalue weighted by Gasteiger charge is 2.26. The third kappa shape index (κ3) is 6.16. The first-order valence-electron chi connectivity index (χ1n) is 7.83. The number of sulfonamides is 1. The predicted octanol–water partition coefficient (Wildman–Crippen LogP) is 4.04. The van der Waals surface area contributed by atoms with E-state index in [0.29, 0.717) is 4.34 Å². The Morgan fingerprint density at radius 2 is 2.00 bits per heavy atom. The van der Waals surface area contributed by atoms with E-state index in [1.54, 1.807) is 6.07 Å². The van der Waals surface area contributed by atoms with Crippen molar-refractivity contribution in [3.8, 4) is 0 Å². The van der Waals surface area contributed by atoms with Gasteiger partial charge >= 0.3 is 0 Å². The minimum atomic E-state index is -3.62. The molecule has 0 aliphatic carbocycles. The number of thiophene rings is 1. The molecule has 0 spiro atoms. The first-order chi connectivity index (χ1) is 10.4. The molecule has 0 bridgehead atoms. The Bertz CT molecular complexity index is 531. The van der Waals surface area contributed by atoms with Crippen molar-refractivity contribution in [1.82, 2.24) is 4.72 Å². The number of rotatable bonds is 11. The van der Waals surface area contributed by atoms with E-state index in [1.807, 2.05) is 6.92 Å². The van der Waals surface area contributed by atoms with Gasteiger partial charge in [-0.2, -0.15) is 0 Å². The van der Waals surface area contributed by atoms with Crippen LogP contribution < -0.4 is 4.72 Å². The average Bonchev–Trinajstić information content (AvgIpc) is 2.93. The highest BCUT2D eigenvalue weighted by Crippen LogP contribution is 2.27. The third-order valence-corrected chi connectivity index (χ3v) is 7.05. The second-order valence-corrected chi connectivity index (χ2v) is 9.14. The summed E-state index contributed by atoms with van der Waals surface area (Å²) in [6.45, 7) is 4.00. The van der Waals surface area contributed by atoms with Crippen molar-refractivity contribution < 1.29 is 13.5 Å². The van der Waals surface area contributed by atoms with Gasteiger partial charge in [0.15, 0.2) is 0 Å². The molecule has 0 unspecified atom stereocenters. The highest BCUT2D eigenvalue weighted by molar-refractivity contribution is 7.91. The largest absolute Gasteiger partial charge is 0.395 e. The van der Waals surface area contributed by atoms with E-state index >= 15 is 0 Å². The smallest absolute Gasteiger partial charge is 0.250 e. The quantitative estimate of drug-likeness (QED) is 0.580. The van der Waals surface area contributed by atoms with Crippen LogP contribution >= 0.6 is 22.9 Å². The first-order valence-corrected chi connectivity index (χ1v) is 10.5. The Hall–Kier alpha value is -0.140. The topological polar surface area (TPSA) is 66.4 Å². The molecule has 22 heavy (non-hydrogen) atoms. The molecule has 0 fully saturated rings. The van der Waals surface area contributed by atoms with Crippen LogP contribution in [0.3, 0.4) is 0 Å². The summed E-state index contributed by atoms with van der Waals surface area (Å²) in [6, 6.07) is 2.61. The second kappa shape index (κ2) is 9.88. The molecule has 0 aliphatic heterocycles. The number of unbranched alkanes of at least 4 members (excludes halogenated alkanes) is 3. The Morgan fingerprint density at radius 1 is 1.27 bits per heavy atom. The zero-order valence-electron chi connectivity index (χ0n) is 13.2. The lowest BCUT2D eigenvalue weighted by atomic mass is 9.92. The minimum absolute atomic E-state index is 0.145. The van der Waals surface area contributed by atoms with Crippen molar-refractivity contribution in [2.24, 2.45) is 5.92 Å². The summed E-state index contributed by atoms with van der Waals surface area (Å²) >= 11 is 6.83. The maximum absolute atomic E-state index is 12.3. The van der Waals surface area contributed by atoms with Gasteiger partial charge in [-0.05, 0) is 24.5 Å². The predicted molar refractivity (Wildman–Crippen MR) is 93.1 cm³/mol. The number of aliphatic hydroxyl groups is 1. The van der Waals surface area contributed by atoms with Gasteiger partial charge in [0.1, 0.15) is 4.21 Å². The molecule has 0 radical (unpaired) electrons. The zero-order valence-corrected chi connectivity index (χ0v) is 15.6. The van der Waals surface area contributed by atoms with E-state index in [1.165, 1.54) is 18.9 Å². The van der Waals surface area contributed by atoms with E-state index in [2.05, 4.69) is 11.6 Å².